The van der Waals surface area contributed by atoms with Crippen LogP contribution in [0.2, 0.25) is 0 Å². The standard InChI is InChI=1S/C42H62F2O5/c1-3-4-5-6-7-8-13-32-14-16-33(17-15-32)34-18-22-37(23-19-34)47-27-11-12-28-48-38-24-20-35(21-25-38)36-30-39(43)41(40(44)31-36)42(45)49-29-10-9-26-46-2/h18-19,22-23,30-33,35,38H,3-17,20-21,24-29H2,1-2H3. The van der Waals surface area contributed by atoms with Crippen LogP contribution < -0.4 is 4.74 Å². The zero-order valence-corrected chi connectivity index (χ0v) is 30.3. The van der Waals surface area contributed by atoms with E-state index in [2.05, 4.69) is 31.2 Å². The van der Waals surface area contributed by atoms with Crippen molar-refractivity contribution in [2.24, 2.45) is 5.92 Å². The predicted octanol–water partition coefficient (Wildman–Crippen LogP) is 11.5. The number of ether oxygens (including phenoxy) is 4. The molecule has 2 saturated carbocycles. The summed E-state index contributed by atoms with van der Waals surface area (Å²) in [6.07, 6.45) is 21.8. The maximum atomic E-state index is 14.8. The third-order valence-corrected chi connectivity index (χ3v) is 10.7. The highest BCUT2D eigenvalue weighted by Gasteiger charge is 2.27. The lowest BCUT2D eigenvalue weighted by molar-refractivity contribution is 0.0216. The summed E-state index contributed by atoms with van der Waals surface area (Å²) in [5.74, 6) is -0.0495. The molecule has 7 heteroatoms. The van der Waals surface area contributed by atoms with Gasteiger partial charge in [0.25, 0.3) is 0 Å². The van der Waals surface area contributed by atoms with Crippen molar-refractivity contribution in [1.82, 2.24) is 0 Å². The molecule has 0 unspecified atom stereocenters. The van der Waals surface area contributed by atoms with Gasteiger partial charge < -0.3 is 18.9 Å². The van der Waals surface area contributed by atoms with Gasteiger partial charge in [-0.05, 0) is 130 Å². The molecule has 2 fully saturated rings. The fraction of sp³-hybridized carbons (Fsp3) is 0.690. The summed E-state index contributed by atoms with van der Waals surface area (Å²) >= 11 is 0. The summed E-state index contributed by atoms with van der Waals surface area (Å²) in [7, 11) is 1.59. The number of unbranched alkanes of at least 4 members (excludes halogenated alkanes) is 7. The van der Waals surface area contributed by atoms with Gasteiger partial charge in [-0.2, -0.15) is 0 Å². The topological polar surface area (TPSA) is 54.0 Å². The van der Waals surface area contributed by atoms with Gasteiger partial charge in [0.1, 0.15) is 22.9 Å². The van der Waals surface area contributed by atoms with E-state index in [4.69, 9.17) is 18.9 Å². The van der Waals surface area contributed by atoms with Gasteiger partial charge in [0.2, 0.25) is 0 Å². The maximum Gasteiger partial charge on any atom is 0.344 e. The molecule has 49 heavy (non-hydrogen) atoms. The molecule has 0 atom stereocenters. The Morgan fingerprint density at radius 3 is 1.96 bits per heavy atom. The highest BCUT2D eigenvalue weighted by Crippen LogP contribution is 2.38. The number of carbonyl (C=O) groups excluding carboxylic acids is 1. The first kappa shape index (κ1) is 39.3. The van der Waals surface area contributed by atoms with Crippen molar-refractivity contribution < 1.29 is 32.5 Å². The molecule has 0 amide bonds. The number of carbonyl (C=O) groups is 1. The van der Waals surface area contributed by atoms with Crippen LogP contribution >= 0.6 is 0 Å². The Labute approximate surface area is 294 Å². The molecule has 0 saturated heterocycles. The minimum Gasteiger partial charge on any atom is -0.494 e. The van der Waals surface area contributed by atoms with E-state index in [0.29, 0.717) is 44.1 Å². The van der Waals surface area contributed by atoms with Crippen molar-refractivity contribution in [2.75, 3.05) is 33.5 Å². The van der Waals surface area contributed by atoms with E-state index in [0.717, 1.165) is 50.2 Å². The Kier molecular flexibility index (Phi) is 17.9. The number of benzene rings is 2. The second kappa shape index (κ2) is 22.3. The highest BCUT2D eigenvalue weighted by atomic mass is 19.1. The summed E-state index contributed by atoms with van der Waals surface area (Å²) in [6, 6.07) is 11.4. The summed E-state index contributed by atoms with van der Waals surface area (Å²) in [6.45, 7) is 4.30. The SMILES string of the molecule is CCCCCCCCC1CCC(c2ccc(OCCCCOC3CCC(c4cc(F)c(C(=O)OCCCCOC)c(F)c4)CC3)cc2)CC1. The van der Waals surface area contributed by atoms with Gasteiger partial charge in [-0.1, -0.05) is 64.0 Å². The molecule has 0 aliphatic heterocycles. The average Bonchev–Trinajstić information content (AvgIpc) is 3.11. The van der Waals surface area contributed by atoms with Crippen LogP contribution in [0.4, 0.5) is 8.78 Å². The van der Waals surface area contributed by atoms with E-state index in [-0.39, 0.29) is 18.6 Å². The lowest BCUT2D eigenvalue weighted by Gasteiger charge is -2.29. The van der Waals surface area contributed by atoms with E-state index in [1.165, 1.54) is 88.3 Å². The minimum atomic E-state index is -0.958. The predicted molar refractivity (Wildman–Crippen MR) is 193 cm³/mol. The van der Waals surface area contributed by atoms with E-state index < -0.39 is 23.2 Å². The molecule has 2 aromatic rings. The zero-order valence-electron chi connectivity index (χ0n) is 30.3. The van der Waals surface area contributed by atoms with Crippen molar-refractivity contribution in [3.8, 4) is 5.75 Å². The lowest BCUT2D eigenvalue weighted by Crippen LogP contribution is -2.22. The van der Waals surface area contributed by atoms with Crippen molar-refractivity contribution in [3.05, 3.63) is 64.7 Å². The van der Waals surface area contributed by atoms with Gasteiger partial charge >= 0.3 is 5.97 Å². The average molecular weight is 685 g/mol. The van der Waals surface area contributed by atoms with Crippen LogP contribution in [-0.2, 0) is 14.2 Å². The normalized spacial score (nSPS) is 21.1. The molecule has 274 valence electrons. The molecule has 0 radical (unpaired) electrons. The van der Waals surface area contributed by atoms with Crippen LogP contribution in [0.3, 0.4) is 0 Å². The summed E-state index contributed by atoms with van der Waals surface area (Å²) in [5, 5.41) is 0. The molecule has 4 rings (SSSR count). The fourth-order valence-corrected chi connectivity index (χ4v) is 7.65. The molecule has 0 N–H and O–H groups in total. The number of hydrogen-bond acceptors (Lipinski definition) is 5. The third kappa shape index (κ3) is 13.6. The quantitative estimate of drug-likeness (QED) is 0.0913. The molecule has 2 aliphatic rings. The Bertz CT molecular complexity index is 1180. The monoisotopic (exact) mass is 684 g/mol. The van der Waals surface area contributed by atoms with E-state index in [9.17, 15) is 13.6 Å². The lowest BCUT2D eigenvalue weighted by atomic mass is 9.77. The molecular weight excluding hydrogens is 622 g/mol. The molecule has 2 aliphatic carbocycles. The number of esters is 1. The highest BCUT2D eigenvalue weighted by molar-refractivity contribution is 5.90. The second-order valence-electron chi connectivity index (χ2n) is 14.4. The Balaban J connectivity index is 1.05. The molecule has 5 nitrogen and oxygen atoms in total. The molecule has 0 heterocycles. The van der Waals surface area contributed by atoms with Crippen LogP contribution in [0.25, 0.3) is 0 Å². The van der Waals surface area contributed by atoms with Crippen molar-refractivity contribution in [3.63, 3.8) is 0 Å². The first-order valence-electron chi connectivity index (χ1n) is 19.5. The first-order valence-corrected chi connectivity index (χ1v) is 19.5. The van der Waals surface area contributed by atoms with Gasteiger partial charge in [-0.3, -0.25) is 0 Å². The van der Waals surface area contributed by atoms with E-state index in [1.54, 1.807) is 7.11 Å². The van der Waals surface area contributed by atoms with Crippen molar-refractivity contribution >= 4 is 5.97 Å². The van der Waals surface area contributed by atoms with Crippen LogP contribution in [-0.4, -0.2) is 45.6 Å². The number of hydrogen-bond donors (Lipinski definition) is 0. The van der Waals surface area contributed by atoms with Gasteiger partial charge in [-0.25, -0.2) is 13.6 Å². The maximum absolute atomic E-state index is 14.8. The largest absolute Gasteiger partial charge is 0.494 e. The van der Waals surface area contributed by atoms with Crippen molar-refractivity contribution in [1.29, 1.82) is 0 Å². The minimum absolute atomic E-state index is 0.0488. The first-order chi connectivity index (χ1) is 24.0. The van der Waals surface area contributed by atoms with Crippen LogP contribution in [0.5, 0.6) is 5.75 Å². The number of halogens is 2. The van der Waals surface area contributed by atoms with E-state index >= 15 is 0 Å². The third-order valence-electron chi connectivity index (χ3n) is 10.7. The Morgan fingerprint density at radius 1 is 0.673 bits per heavy atom. The number of methoxy groups -OCH3 is 1. The second-order valence-corrected chi connectivity index (χ2v) is 14.4. The molecule has 0 aromatic heterocycles. The zero-order chi connectivity index (χ0) is 34.7. The summed E-state index contributed by atoms with van der Waals surface area (Å²) in [5.41, 5.74) is 1.45. The van der Waals surface area contributed by atoms with Gasteiger partial charge in [0, 0.05) is 20.3 Å². The van der Waals surface area contributed by atoms with Gasteiger partial charge in [0.05, 0.1) is 19.3 Å². The van der Waals surface area contributed by atoms with Gasteiger partial charge in [-0.15, -0.1) is 0 Å². The molecule has 2 aromatic carbocycles. The summed E-state index contributed by atoms with van der Waals surface area (Å²) < 4.78 is 51.7. The molecule has 0 spiro atoms. The van der Waals surface area contributed by atoms with Crippen LogP contribution in [0.1, 0.15) is 162 Å². The van der Waals surface area contributed by atoms with Gasteiger partial charge in [0.15, 0.2) is 0 Å². The smallest absolute Gasteiger partial charge is 0.344 e. The van der Waals surface area contributed by atoms with Crippen LogP contribution in [0.15, 0.2) is 36.4 Å². The van der Waals surface area contributed by atoms with Crippen molar-refractivity contribution in [2.45, 2.75) is 147 Å². The molecule has 0 bridgehead atoms. The fourth-order valence-electron chi connectivity index (χ4n) is 7.65. The van der Waals surface area contributed by atoms with E-state index in [1.807, 2.05) is 0 Å². The molecular formula is C42H62F2O5. The Hall–Kier alpha value is -2.51. The van der Waals surface area contributed by atoms with Crippen LogP contribution in [0, 0.1) is 17.6 Å². The Morgan fingerprint density at radius 2 is 1.27 bits per heavy atom. The summed E-state index contributed by atoms with van der Waals surface area (Å²) in [4.78, 5) is 12.3. The number of rotatable bonds is 22.